The number of hydrogen-bond acceptors (Lipinski definition) is 10. The van der Waals surface area contributed by atoms with Crippen molar-refractivity contribution in [2.24, 2.45) is 0 Å². The van der Waals surface area contributed by atoms with Crippen LogP contribution in [0.15, 0.2) is 133 Å². The van der Waals surface area contributed by atoms with Gasteiger partial charge >= 0.3 is 23.9 Å². The molecule has 6 aromatic rings. The molecule has 0 heterocycles. The van der Waals surface area contributed by atoms with E-state index in [2.05, 4.69) is 13.8 Å². The van der Waals surface area contributed by atoms with Crippen molar-refractivity contribution in [2.45, 2.75) is 142 Å². The van der Waals surface area contributed by atoms with Crippen molar-refractivity contribution in [3.05, 3.63) is 156 Å². The Morgan fingerprint density at radius 1 is 0.319 bits per heavy atom. The van der Waals surface area contributed by atoms with Gasteiger partial charge in [-0.15, -0.1) is 0 Å². The third-order valence-corrected chi connectivity index (χ3v) is 12.5. The van der Waals surface area contributed by atoms with Gasteiger partial charge in [-0.1, -0.05) is 148 Å². The molecule has 0 aromatic heterocycles. The highest BCUT2D eigenvalue weighted by Crippen LogP contribution is 2.31. The summed E-state index contributed by atoms with van der Waals surface area (Å²) in [7, 11) is 0. The second kappa shape index (κ2) is 30.7. The summed E-state index contributed by atoms with van der Waals surface area (Å²) in [5.74, 6) is 0.128. The molecule has 0 bridgehead atoms. The van der Waals surface area contributed by atoms with Gasteiger partial charge in [-0.2, -0.15) is 0 Å². The molecular formula is C62H72O10. The summed E-state index contributed by atoms with van der Waals surface area (Å²) in [5, 5.41) is 1.31. The Morgan fingerprint density at radius 2 is 0.639 bits per heavy atom. The first-order valence-electron chi connectivity index (χ1n) is 26.4. The highest BCUT2D eigenvalue weighted by Gasteiger charge is 2.16. The number of ether oxygens (including phenoxy) is 6. The molecule has 0 aliphatic carbocycles. The topological polar surface area (TPSA) is 124 Å². The van der Waals surface area contributed by atoms with Crippen molar-refractivity contribution < 1.29 is 47.6 Å². The number of rotatable bonds is 32. The first-order valence-corrected chi connectivity index (χ1v) is 26.4. The third-order valence-electron chi connectivity index (χ3n) is 12.5. The van der Waals surface area contributed by atoms with Crippen molar-refractivity contribution in [2.75, 3.05) is 13.2 Å². The van der Waals surface area contributed by atoms with Gasteiger partial charge in [0.2, 0.25) is 0 Å². The highest BCUT2D eigenvalue weighted by molar-refractivity contribution is 5.97. The van der Waals surface area contributed by atoms with Crippen LogP contribution in [0.2, 0.25) is 0 Å². The maximum atomic E-state index is 13.3. The number of hydrogen-bond donors (Lipinski definition) is 0. The quantitative estimate of drug-likeness (QED) is 0.0229. The summed E-state index contributed by atoms with van der Waals surface area (Å²) in [5.41, 5.74) is 1.23. The van der Waals surface area contributed by atoms with E-state index < -0.39 is 23.9 Å². The summed E-state index contributed by atoms with van der Waals surface area (Å²) in [6, 6.07) is 36.3. The molecule has 0 amide bonds. The summed E-state index contributed by atoms with van der Waals surface area (Å²) in [6.07, 6.45) is 25.3. The van der Waals surface area contributed by atoms with E-state index in [0.717, 1.165) is 31.1 Å². The predicted octanol–water partition coefficient (Wildman–Crippen LogP) is 16.3. The Kier molecular flexibility index (Phi) is 23.2. The summed E-state index contributed by atoms with van der Waals surface area (Å²) < 4.78 is 34.4. The summed E-state index contributed by atoms with van der Waals surface area (Å²) >= 11 is 0. The lowest BCUT2D eigenvalue weighted by Crippen LogP contribution is -2.11. The molecular weight excluding hydrogens is 905 g/mol. The lowest BCUT2D eigenvalue weighted by atomic mass is 10.1. The third kappa shape index (κ3) is 18.7. The standard InChI is InChI=1S/C62H72O10/c1-3-5-7-9-11-13-15-17-19-21-44-67-52-35-27-48(28-36-52)59(63)69-54-39-31-50(32-40-54)61(65)71-56-43-26-47-24-23-25-58(57(47)46-56)72-62(66)51-33-41-55(42-34-51)70-60(64)49-29-37-53(38-30-49)68-45-22-20-18-16-14-12-10-8-6-4-2/h23-43,46H,3-22,44-45H2,1-2H3. The van der Waals surface area contributed by atoms with Crippen LogP contribution in [0.4, 0.5) is 0 Å². The zero-order valence-electron chi connectivity index (χ0n) is 42.3. The lowest BCUT2D eigenvalue weighted by molar-refractivity contribution is 0.0719. The van der Waals surface area contributed by atoms with Crippen molar-refractivity contribution in [1.82, 2.24) is 0 Å². The van der Waals surface area contributed by atoms with E-state index in [1.807, 2.05) is 6.07 Å². The Bertz CT molecular complexity index is 2570. The Morgan fingerprint density at radius 3 is 1.03 bits per heavy atom. The monoisotopic (exact) mass is 977 g/mol. The maximum Gasteiger partial charge on any atom is 0.343 e. The van der Waals surface area contributed by atoms with E-state index in [0.29, 0.717) is 41.2 Å². The van der Waals surface area contributed by atoms with Gasteiger partial charge < -0.3 is 28.4 Å². The largest absolute Gasteiger partial charge is 0.494 e. The molecule has 0 saturated heterocycles. The van der Waals surface area contributed by atoms with Crippen molar-refractivity contribution in [1.29, 1.82) is 0 Å². The van der Waals surface area contributed by atoms with E-state index in [1.54, 1.807) is 78.9 Å². The highest BCUT2D eigenvalue weighted by atomic mass is 16.5. The van der Waals surface area contributed by atoms with Gasteiger partial charge in [-0.25, -0.2) is 19.2 Å². The minimum Gasteiger partial charge on any atom is -0.494 e. The van der Waals surface area contributed by atoms with Gasteiger partial charge in [0.15, 0.2) is 0 Å². The fourth-order valence-corrected chi connectivity index (χ4v) is 8.28. The number of benzene rings is 6. The number of unbranched alkanes of at least 4 members (excludes halogenated alkanes) is 18. The normalized spacial score (nSPS) is 11.0. The molecule has 0 atom stereocenters. The van der Waals surface area contributed by atoms with E-state index in [4.69, 9.17) is 28.4 Å². The first kappa shape index (κ1) is 54.4. The molecule has 0 N–H and O–H groups in total. The van der Waals surface area contributed by atoms with Crippen molar-refractivity contribution in [3.8, 4) is 34.5 Å². The molecule has 0 radical (unpaired) electrons. The van der Waals surface area contributed by atoms with Gasteiger partial charge in [0.25, 0.3) is 0 Å². The van der Waals surface area contributed by atoms with Crippen LogP contribution in [0.25, 0.3) is 10.8 Å². The van der Waals surface area contributed by atoms with E-state index in [9.17, 15) is 19.2 Å². The molecule has 10 heteroatoms. The van der Waals surface area contributed by atoms with Crippen LogP contribution in [0, 0.1) is 0 Å². The molecule has 380 valence electrons. The SMILES string of the molecule is CCCCCCCCCCCCOc1ccc(C(=O)Oc2ccc(C(=O)Oc3ccc4cccc(OC(=O)c5ccc(OC(=O)c6ccc(OCCCCCCCCCCCC)cc6)cc5)c4c3)cc2)cc1. The summed E-state index contributed by atoms with van der Waals surface area (Å²) in [4.78, 5) is 52.3. The first-order chi connectivity index (χ1) is 35.3. The predicted molar refractivity (Wildman–Crippen MR) is 284 cm³/mol. The number of carbonyl (C=O) groups is 4. The molecule has 0 aliphatic rings. The van der Waals surface area contributed by atoms with Gasteiger partial charge in [0.05, 0.1) is 35.5 Å². The van der Waals surface area contributed by atoms with E-state index in [1.165, 1.54) is 151 Å². The Labute approximate surface area is 426 Å². The molecule has 72 heavy (non-hydrogen) atoms. The minimum absolute atomic E-state index is 0.236. The van der Waals surface area contributed by atoms with Crippen LogP contribution in [0.1, 0.15) is 184 Å². The molecule has 6 rings (SSSR count). The van der Waals surface area contributed by atoms with E-state index in [-0.39, 0.29) is 34.1 Å². The molecule has 6 aromatic carbocycles. The zero-order chi connectivity index (χ0) is 50.6. The van der Waals surface area contributed by atoms with Gasteiger partial charge in [-0.3, -0.25) is 0 Å². The second-order valence-corrected chi connectivity index (χ2v) is 18.4. The Hall–Kier alpha value is -6.94. The fraction of sp³-hybridized carbons (Fsp3) is 0.387. The zero-order valence-corrected chi connectivity index (χ0v) is 42.3. The molecule has 10 nitrogen and oxygen atoms in total. The Balaban J connectivity index is 0.908. The molecule has 0 spiro atoms. The smallest absolute Gasteiger partial charge is 0.343 e. The minimum atomic E-state index is -0.628. The molecule has 0 fully saturated rings. The van der Waals surface area contributed by atoms with Crippen LogP contribution in [-0.2, 0) is 0 Å². The molecule has 0 aliphatic heterocycles. The maximum absolute atomic E-state index is 13.3. The second-order valence-electron chi connectivity index (χ2n) is 18.4. The molecule has 0 saturated carbocycles. The van der Waals surface area contributed by atoms with Crippen molar-refractivity contribution in [3.63, 3.8) is 0 Å². The average molecular weight is 977 g/mol. The number of carbonyl (C=O) groups excluding carboxylic acids is 4. The van der Waals surface area contributed by atoms with Gasteiger partial charge in [0.1, 0.15) is 34.5 Å². The van der Waals surface area contributed by atoms with Gasteiger partial charge in [0, 0.05) is 5.39 Å². The number of esters is 4. The van der Waals surface area contributed by atoms with Crippen LogP contribution in [0.3, 0.4) is 0 Å². The average Bonchev–Trinajstić information content (AvgIpc) is 3.40. The van der Waals surface area contributed by atoms with Crippen LogP contribution >= 0.6 is 0 Å². The lowest BCUT2D eigenvalue weighted by Gasteiger charge is -2.11. The van der Waals surface area contributed by atoms with Crippen LogP contribution < -0.4 is 28.4 Å². The van der Waals surface area contributed by atoms with Crippen LogP contribution in [0.5, 0.6) is 34.5 Å². The van der Waals surface area contributed by atoms with Crippen molar-refractivity contribution >= 4 is 34.6 Å². The van der Waals surface area contributed by atoms with Crippen LogP contribution in [-0.4, -0.2) is 37.1 Å². The van der Waals surface area contributed by atoms with E-state index >= 15 is 0 Å². The van der Waals surface area contributed by atoms with Gasteiger partial charge in [-0.05, 0) is 133 Å². The molecule has 0 unspecified atom stereocenters. The number of fused-ring (bicyclic) bond motifs is 1. The summed E-state index contributed by atoms with van der Waals surface area (Å²) in [6.45, 7) is 5.77. The fourth-order valence-electron chi connectivity index (χ4n) is 8.28.